The summed E-state index contributed by atoms with van der Waals surface area (Å²) in [5, 5.41) is 15.5. The van der Waals surface area contributed by atoms with Gasteiger partial charge in [-0.2, -0.15) is 19.1 Å². The monoisotopic (exact) mass is 346 g/mol. The summed E-state index contributed by atoms with van der Waals surface area (Å²) in [6.07, 6.45) is 2.86. The van der Waals surface area contributed by atoms with Crippen molar-refractivity contribution in [1.82, 2.24) is 9.78 Å². The summed E-state index contributed by atoms with van der Waals surface area (Å²) in [5.41, 5.74) is 1.06. The summed E-state index contributed by atoms with van der Waals surface area (Å²) in [4.78, 5) is 12.1. The van der Waals surface area contributed by atoms with Crippen LogP contribution >= 0.6 is 0 Å². The van der Waals surface area contributed by atoms with Gasteiger partial charge < -0.3 is 10.1 Å². The number of amides is 1. The molecule has 1 aromatic carbocycles. The number of nitrogens with one attached hydrogen (secondary N) is 1. The first-order chi connectivity index (χ1) is 12.0. The van der Waals surface area contributed by atoms with Crippen LogP contribution in [0.5, 0.6) is 5.75 Å². The van der Waals surface area contributed by atoms with Crippen molar-refractivity contribution < 1.29 is 18.3 Å². The molecule has 2 rings (SSSR count). The molecule has 1 aromatic heterocycles. The highest BCUT2D eigenvalue weighted by atomic mass is 19.3. The number of aryl methyl sites for hydroxylation is 2. The molecule has 0 aliphatic heterocycles. The summed E-state index contributed by atoms with van der Waals surface area (Å²) < 4.78 is 30.7. The van der Waals surface area contributed by atoms with Gasteiger partial charge >= 0.3 is 6.61 Å². The first-order valence-electron chi connectivity index (χ1n) is 7.44. The molecule has 2 aromatic rings. The van der Waals surface area contributed by atoms with Crippen molar-refractivity contribution in [3.05, 3.63) is 47.7 Å². The largest absolute Gasteiger partial charge is 0.434 e. The smallest absolute Gasteiger partial charge is 0.387 e. The lowest BCUT2D eigenvalue weighted by atomic mass is 10.2. The van der Waals surface area contributed by atoms with Gasteiger partial charge in [-0.15, -0.1) is 0 Å². The molecule has 0 aliphatic carbocycles. The average molecular weight is 346 g/mol. The Balaban J connectivity index is 2.08. The Bertz CT molecular complexity index is 809. The molecule has 0 saturated carbocycles. The molecular weight excluding hydrogens is 330 g/mol. The van der Waals surface area contributed by atoms with Crippen molar-refractivity contribution in [2.45, 2.75) is 26.5 Å². The van der Waals surface area contributed by atoms with Crippen LogP contribution in [-0.4, -0.2) is 22.3 Å². The van der Waals surface area contributed by atoms with Crippen LogP contribution in [0.2, 0.25) is 0 Å². The van der Waals surface area contributed by atoms with Crippen LogP contribution in [0.15, 0.2) is 36.4 Å². The average Bonchev–Trinajstić information content (AvgIpc) is 2.91. The van der Waals surface area contributed by atoms with E-state index >= 15 is 0 Å². The summed E-state index contributed by atoms with van der Waals surface area (Å²) in [5.74, 6) is -0.0130. The van der Waals surface area contributed by atoms with Gasteiger partial charge in [0.1, 0.15) is 11.6 Å². The molecule has 0 radical (unpaired) electrons. The zero-order chi connectivity index (χ0) is 18.2. The Morgan fingerprint density at radius 2 is 2.24 bits per heavy atom. The van der Waals surface area contributed by atoms with Gasteiger partial charge in [0, 0.05) is 17.7 Å². The first kappa shape index (κ1) is 18.1. The Hall–Kier alpha value is -3.21. The number of nitriles is 1. The maximum Gasteiger partial charge on any atom is 0.387 e. The third-order valence-corrected chi connectivity index (χ3v) is 3.14. The van der Waals surface area contributed by atoms with Crippen molar-refractivity contribution in [3.8, 4) is 11.8 Å². The second-order valence-corrected chi connectivity index (χ2v) is 5.04. The minimum absolute atomic E-state index is 0.0172. The highest BCUT2D eigenvalue weighted by molar-refractivity contribution is 6.01. The second kappa shape index (κ2) is 8.59. The maximum atomic E-state index is 12.4. The highest BCUT2D eigenvalue weighted by Gasteiger charge is 2.09. The number of hydrogen-bond acceptors (Lipinski definition) is 4. The van der Waals surface area contributed by atoms with Crippen LogP contribution in [0.3, 0.4) is 0 Å². The van der Waals surface area contributed by atoms with Gasteiger partial charge in [-0.3, -0.25) is 4.79 Å². The normalized spacial score (nSPS) is 10.8. The van der Waals surface area contributed by atoms with E-state index < -0.39 is 12.5 Å². The van der Waals surface area contributed by atoms with E-state index in [4.69, 9.17) is 5.26 Å². The second-order valence-electron chi connectivity index (χ2n) is 5.04. The van der Waals surface area contributed by atoms with Crippen LogP contribution in [0, 0.1) is 18.3 Å². The lowest BCUT2D eigenvalue weighted by Gasteiger charge is -2.07. The molecule has 0 aliphatic rings. The van der Waals surface area contributed by atoms with Crippen molar-refractivity contribution >= 4 is 17.8 Å². The van der Waals surface area contributed by atoms with Gasteiger partial charge in [0.15, 0.2) is 0 Å². The number of hydrogen-bond donors (Lipinski definition) is 1. The van der Waals surface area contributed by atoms with Gasteiger partial charge in [-0.25, -0.2) is 4.68 Å². The van der Waals surface area contributed by atoms with Gasteiger partial charge in [0.2, 0.25) is 5.91 Å². The first-order valence-corrected chi connectivity index (χ1v) is 7.44. The summed E-state index contributed by atoms with van der Waals surface area (Å²) in [6, 6.07) is 9.85. The van der Waals surface area contributed by atoms with Crippen LogP contribution in [0.1, 0.15) is 17.7 Å². The van der Waals surface area contributed by atoms with E-state index in [0.29, 0.717) is 23.6 Å². The fraction of sp³-hybridized carbons (Fsp3) is 0.235. The highest BCUT2D eigenvalue weighted by Crippen LogP contribution is 2.21. The van der Waals surface area contributed by atoms with E-state index in [-0.39, 0.29) is 12.2 Å². The Kier molecular flexibility index (Phi) is 6.23. The molecule has 0 atom stereocenters. The fourth-order valence-electron chi connectivity index (χ4n) is 2.13. The number of benzene rings is 1. The predicted molar refractivity (Wildman–Crippen MR) is 87.9 cm³/mol. The van der Waals surface area contributed by atoms with Crippen LogP contribution < -0.4 is 10.1 Å². The molecule has 6 nitrogen and oxygen atoms in total. The fourth-order valence-corrected chi connectivity index (χ4v) is 2.13. The topological polar surface area (TPSA) is 79.9 Å². The van der Waals surface area contributed by atoms with E-state index in [1.54, 1.807) is 31.2 Å². The zero-order valence-electron chi connectivity index (χ0n) is 13.4. The Morgan fingerprint density at radius 3 is 2.96 bits per heavy atom. The van der Waals surface area contributed by atoms with E-state index in [0.717, 1.165) is 0 Å². The van der Waals surface area contributed by atoms with E-state index in [2.05, 4.69) is 15.2 Å². The predicted octanol–water partition coefficient (Wildman–Crippen LogP) is 3.36. The molecule has 1 heterocycles. The Labute approximate surface area is 143 Å². The van der Waals surface area contributed by atoms with E-state index in [1.807, 2.05) is 6.07 Å². The van der Waals surface area contributed by atoms with Gasteiger partial charge in [-0.1, -0.05) is 18.2 Å². The summed E-state index contributed by atoms with van der Waals surface area (Å²) >= 11 is 0. The maximum absolute atomic E-state index is 12.4. The third-order valence-electron chi connectivity index (χ3n) is 3.14. The van der Waals surface area contributed by atoms with Crippen molar-refractivity contribution in [2.24, 2.45) is 0 Å². The lowest BCUT2D eigenvalue weighted by Crippen LogP contribution is -2.13. The third kappa shape index (κ3) is 5.42. The number of alkyl halides is 2. The van der Waals surface area contributed by atoms with Crippen LogP contribution in [-0.2, 0) is 11.3 Å². The molecule has 0 unspecified atom stereocenters. The molecule has 130 valence electrons. The van der Waals surface area contributed by atoms with Gasteiger partial charge in [0.05, 0.1) is 24.7 Å². The molecule has 0 bridgehead atoms. The van der Waals surface area contributed by atoms with Crippen molar-refractivity contribution in [1.29, 1.82) is 5.26 Å². The van der Waals surface area contributed by atoms with Crippen molar-refractivity contribution in [3.63, 3.8) is 0 Å². The molecule has 0 saturated heterocycles. The van der Waals surface area contributed by atoms with Crippen molar-refractivity contribution in [2.75, 3.05) is 5.32 Å². The standard InChI is InChI=1S/C17H16F2N4O2/c1-12-11-15(23(22-12)10-4-9-20)21-16(24)8-7-13-5-2-3-6-14(13)25-17(18)19/h2-3,5-8,11,17H,4,10H2,1H3,(H,21,24)/b8-7+. The number of carbonyl (C=O) groups is 1. The van der Waals surface area contributed by atoms with E-state index in [9.17, 15) is 13.6 Å². The SMILES string of the molecule is Cc1cc(NC(=O)/C=C/c2ccccc2OC(F)F)n(CCC#N)n1. The minimum Gasteiger partial charge on any atom is -0.434 e. The molecule has 1 amide bonds. The van der Waals surface area contributed by atoms with Crippen LogP contribution in [0.25, 0.3) is 6.08 Å². The number of anilines is 1. The Morgan fingerprint density at radius 1 is 1.48 bits per heavy atom. The quantitative estimate of drug-likeness (QED) is 0.780. The molecule has 8 heteroatoms. The number of nitrogens with zero attached hydrogens (tertiary/aromatic N) is 3. The zero-order valence-corrected chi connectivity index (χ0v) is 13.4. The summed E-state index contributed by atoms with van der Waals surface area (Å²) in [6.45, 7) is -0.818. The van der Waals surface area contributed by atoms with Gasteiger partial charge in [0.25, 0.3) is 0 Å². The van der Waals surface area contributed by atoms with E-state index in [1.165, 1.54) is 22.9 Å². The number of rotatable bonds is 7. The number of carbonyl (C=O) groups excluding carboxylic acids is 1. The van der Waals surface area contributed by atoms with Gasteiger partial charge in [-0.05, 0) is 19.1 Å². The molecule has 25 heavy (non-hydrogen) atoms. The number of para-hydroxylation sites is 1. The number of aromatic nitrogens is 2. The molecule has 0 fully saturated rings. The molecular formula is C17H16F2N4O2. The summed E-state index contributed by atoms with van der Waals surface area (Å²) in [7, 11) is 0. The number of halogens is 2. The van der Waals surface area contributed by atoms with Crippen LogP contribution in [0.4, 0.5) is 14.6 Å². The molecule has 1 N–H and O–H groups in total. The number of ether oxygens (including phenoxy) is 1. The lowest BCUT2D eigenvalue weighted by molar-refractivity contribution is -0.111. The molecule has 0 spiro atoms. The minimum atomic E-state index is -2.94.